The van der Waals surface area contributed by atoms with Gasteiger partial charge in [-0.15, -0.1) is 10.2 Å². The van der Waals surface area contributed by atoms with Gasteiger partial charge < -0.3 is 15.0 Å². The maximum absolute atomic E-state index is 12.0. The van der Waals surface area contributed by atoms with E-state index in [9.17, 15) is 4.79 Å². The summed E-state index contributed by atoms with van der Waals surface area (Å²) >= 11 is 1.66. The summed E-state index contributed by atoms with van der Waals surface area (Å²) in [5.74, 6) is 1.10. The molecule has 0 radical (unpaired) electrons. The summed E-state index contributed by atoms with van der Waals surface area (Å²) in [4.78, 5) is 13.8. The SMILES string of the molecule is CC(C)(C)OC(=O)N1CC[C@H](CNc2nnc(C3CC3)s2)C1. The molecule has 0 unspecified atom stereocenters. The van der Waals surface area contributed by atoms with Gasteiger partial charge in [-0.1, -0.05) is 11.3 Å². The van der Waals surface area contributed by atoms with Gasteiger partial charge in [0.05, 0.1) is 0 Å². The van der Waals surface area contributed by atoms with Crippen LogP contribution in [0.3, 0.4) is 0 Å². The topological polar surface area (TPSA) is 67.3 Å². The van der Waals surface area contributed by atoms with E-state index in [4.69, 9.17) is 4.74 Å². The van der Waals surface area contributed by atoms with Crippen LogP contribution in [-0.4, -0.2) is 46.4 Å². The molecule has 1 aliphatic carbocycles. The predicted octanol–water partition coefficient (Wildman–Crippen LogP) is 3.08. The van der Waals surface area contributed by atoms with E-state index >= 15 is 0 Å². The molecule has 2 fully saturated rings. The van der Waals surface area contributed by atoms with Gasteiger partial charge in [0.25, 0.3) is 0 Å². The van der Waals surface area contributed by atoms with E-state index in [2.05, 4.69) is 15.5 Å². The highest BCUT2D eigenvalue weighted by Crippen LogP contribution is 2.42. The molecule has 1 aromatic heterocycles. The average molecular weight is 324 g/mol. The van der Waals surface area contributed by atoms with Crippen LogP contribution in [0, 0.1) is 5.92 Å². The minimum absolute atomic E-state index is 0.207. The minimum atomic E-state index is -0.431. The molecule has 1 saturated carbocycles. The van der Waals surface area contributed by atoms with Crippen molar-refractivity contribution in [3.63, 3.8) is 0 Å². The molecular formula is C15H24N4O2S. The number of ether oxygens (including phenoxy) is 1. The van der Waals surface area contributed by atoms with E-state index in [1.807, 2.05) is 20.8 Å². The van der Waals surface area contributed by atoms with Crippen LogP contribution in [0.2, 0.25) is 0 Å². The summed E-state index contributed by atoms with van der Waals surface area (Å²) in [6.07, 6.45) is 3.30. The van der Waals surface area contributed by atoms with Gasteiger partial charge in [-0.05, 0) is 46.0 Å². The number of nitrogens with one attached hydrogen (secondary N) is 1. The van der Waals surface area contributed by atoms with Gasteiger partial charge in [0.1, 0.15) is 10.6 Å². The number of amides is 1. The Hall–Kier alpha value is -1.37. The number of hydrogen-bond acceptors (Lipinski definition) is 6. The maximum Gasteiger partial charge on any atom is 0.410 e. The van der Waals surface area contributed by atoms with E-state index in [1.165, 1.54) is 12.8 Å². The van der Waals surface area contributed by atoms with Gasteiger partial charge in [-0.2, -0.15) is 0 Å². The predicted molar refractivity (Wildman–Crippen MR) is 86.3 cm³/mol. The molecule has 6 nitrogen and oxygen atoms in total. The van der Waals surface area contributed by atoms with Crippen LogP contribution in [0.5, 0.6) is 0 Å². The van der Waals surface area contributed by atoms with Gasteiger partial charge >= 0.3 is 6.09 Å². The zero-order valence-electron chi connectivity index (χ0n) is 13.5. The highest BCUT2D eigenvalue weighted by molar-refractivity contribution is 7.15. The van der Waals surface area contributed by atoms with Crippen LogP contribution in [0.15, 0.2) is 0 Å². The summed E-state index contributed by atoms with van der Waals surface area (Å²) in [6, 6.07) is 0. The van der Waals surface area contributed by atoms with Crippen molar-refractivity contribution in [2.75, 3.05) is 25.0 Å². The zero-order valence-corrected chi connectivity index (χ0v) is 14.3. The molecular weight excluding hydrogens is 300 g/mol. The Kier molecular flexibility index (Phi) is 4.25. The van der Waals surface area contributed by atoms with Crippen LogP contribution < -0.4 is 5.32 Å². The summed E-state index contributed by atoms with van der Waals surface area (Å²) in [6.45, 7) is 8.03. The van der Waals surface area contributed by atoms with Gasteiger partial charge in [0.2, 0.25) is 5.13 Å². The molecule has 0 bridgehead atoms. The Labute approximate surface area is 135 Å². The highest BCUT2D eigenvalue weighted by atomic mass is 32.1. The number of anilines is 1. The minimum Gasteiger partial charge on any atom is -0.444 e. The normalized spacial score (nSPS) is 22.0. The van der Waals surface area contributed by atoms with Crippen LogP contribution in [-0.2, 0) is 4.74 Å². The monoisotopic (exact) mass is 324 g/mol. The lowest BCUT2D eigenvalue weighted by atomic mass is 10.1. The first-order chi connectivity index (χ1) is 10.4. The van der Waals surface area contributed by atoms with Crippen LogP contribution >= 0.6 is 11.3 Å². The Morgan fingerprint density at radius 3 is 2.82 bits per heavy atom. The third kappa shape index (κ3) is 4.09. The number of aromatic nitrogens is 2. The van der Waals surface area contributed by atoms with Crippen LogP contribution in [0.25, 0.3) is 0 Å². The first-order valence-electron chi connectivity index (χ1n) is 7.96. The van der Waals surface area contributed by atoms with Crippen molar-refractivity contribution in [3.8, 4) is 0 Å². The molecule has 0 aromatic carbocycles. The fraction of sp³-hybridized carbons (Fsp3) is 0.800. The summed E-state index contributed by atoms with van der Waals surface area (Å²) < 4.78 is 5.42. The summed E-state index contributed by atoms with van der Waals surface area (Å²) in [5, 5.41) is 13.8. The molecule has 1 aliphatic heterocycles. The molecule has 2 heterocycles. The number of hydrogen-bond donors (Lipinski definition) is 1. The fourth-order valence-corrected chi connectivity index (χ4v) is 3.44. The van der Waals surface area contributed by atoms with E-state index in [0.717, 1.165) is 36.2 Å². The highest BCUT2D eigenvalue weighted by Gasteiger charge is 2.30. The van der Waals surface area contributed by atoms with Crippen molar-refractivity contribution in [3.05, 3.63) is 5.01 Å². The molecule has 1 aromatic rings. The van der Waals surface area contributed by atoms with Crippen molar-refractivity contribution in [1.82, 2.24) is 15.1 Å². The van der Waals surface area contributed by atoms with Gasteiger partial charge in [0.15, 0.2) is 0 Å². The molecule has 1 N–H and O–H groups in total. The van der Waals surface area contributed by atoms with E-state index in [0.29, 0.717) is 11.8 Å². The van der Waals surface area contributed by atoms with Crippen molar-refractivity contribution in [1.29, 1.82) is 0 Å². The van der Waals surface area contributed by atoms with E-state index < -0.39 is 5.60 Å². The largest absolute Gasteiger partial charge is 0.444 e. The Morgan fingerprint density at radius 1 is 1.36 bits per heavy atom. The smallest absolute Gasteiger partial charge is 0.410 e. The third-order valence-corrected chi connectivity index (χ3v) is 4.89. The first kappa shape index (κ1) is 15.5. The maximum atomic E-state index is 12.0. The molecule has 1 atom stereocenters. The summed E-state index contributed by atoms with van der Waals surface area (Å²) in [7, 11) is 0. The molecule has 22 heavy (non-hydrogen) atoms. The standard InChI is InChI=1S/C15H24N4O2S/c1-15(2,3)21-14(20)19-7-6-10(9-19)8-16-13-18-17-12(22-13)11-4-5-11/h10-11H,4-9H2,1-3H3,(H,16,18)/t10-/m1/s1. The Morgan fingerprint density at radius 2 is 2.14 bits per heavy atom. The molecule has 7 heteroatoms. The quantitative estimate of drug-likeness (QED) is 0.922. The van der Waals surface area contributed by atoms with Gasteiger partial charge in [0, 0.05) is 25.6 Å². The number of nitrogens with zero attached hydrogens (tertiary/aromatic N) is 3. The summed E-state index contributed by atoms with van der Waals surface area (Å²) in [5.41, 5.74) is -0.431. The second-order valence-corrected chi connectivity index (χ2v) is 8.19. The zero-order chi connectivity index (χ0) is 15.7. The van der Waals surface area contributed by atoms with Crippen molar-refractivity contribution < 1.29 is 9.53 Å². The average Bonchev–Trinajstić information content (AvgIpc) is 2.99. The number of carbonyl (C=O) groups excluding carboxylic acids is 1. The number of likely N-dealkylation sites (tertiary alicyclic amines) is 1. The Bertz CT molecular complexity index is 536. The molecule has 1 amide bonds. The van der Waals surface area contributed by atoms with E-state index in [1.54, 1.807) is 16.2 Å². The lowest BCUT2D eigenvalue weighted by Gasteiger charge is -2.24. The first-order valence-corrected chi connectivity index (χ1v) is 8.77. The molecule has 2 aliphatic rings. The van der Waals surface area contributed by atoms with Gasteiger partial charge in [-0.3, -0.25) is 0 Å². The lowest BCUT2D eigenvalue weighted by molar-refractivity contribution is 0.0289. The van der Waals surface area contributed by atoms with Crippen molar-refractivity contribution in [2.45, 2.75) is 51.6 Å². The van der Waals surface area contributed by atoms with Crippen molar-refractivity contribution >= 4 is 22.6 Å². The molecule has 0 spiro atoms. The molecule has 122 valence electrons. The second-order valence-electron chi connectivity index (χ2n) is 7.18. The van der Waals surface area contributed by atoms with E-state index in [-0.39, 0.29) is 6.09 Å². The molecule has 3 rings (SSSR count). The Balaban J connectivity index is 1.43. The van der Waals surface area contributed by atoms with Crippen molar-refractivity contribution in [2.24, 2.45) is 5.92 Å². The molecule has 1 saturated heterocycles. The third-order valence-electron chi connectivity index (χ3n) is 3.85. The number of rotatable bonds is 4. The fourth-order valence-electron chi connectivity index (χ4n) is 2.52. The van der Waals surface area contributed by atoms with Gasteiger partial charge in [-0.25, -0.2) is 4.79 Å². The van der Waals surface area contributed by atoms with Crippen LogP contribution in [0.4, 0.5) is 9.93 Å². The number of carbonyl (C=O) groups is 1. The van der Waals surface area contributed by atoms with Crippen LogP contribution in [0.1, 0.15) is 51.0 Å². The lowest BCUT2D eigenvalue weighted by Crippen LogP contribution is -2.35. The second kappa shape index (κ2) is 6.02.